The molecule has 1 aliphatic heterocycles. The van der Waals surface area contributed by atoms with E-state index in [1.807, 2.05) is 20.8 Å². The lowest BCUT2D eigenvalue weighted by Gasteiger charge is -2.37. The smallest absolute Gasteiger partial charge is 0.214 e. The number of nitrogens with one attached hydrogen (secondary N) is 1. The highest BCUT2D eigenvalue weighted by Crippen LogP contribution is 2.31. The summed E-state index contributed by atoms with van der Waals surface area (Å²) in [5.74, 6) is 0.787. The van der Waals surface area contributed by atoms with Crippen LogP contribution >= 0.6 is 0 Å². The van der Waals surface area contributed by atoms with E-state index in [-0.39, 0.29) is 17.0 Å². The Morgan fingerprint density at radius 2 is 1.89 bits per heavy atom. The van der Waals surface area contributed by atoms with Gasteiger partial charge in [-0.15, -0.1) is 0 Å². The van der Waals surface area contributed by atoms with Crippen LogP contribution in [0.1, 0.15) is 40.0 Å². The van der Waals surface area contributed by atoms with Gasteiger partial charge in [0, 0.05) is 18.5 Å². The van der Waals surface area contributed by atoms with Crippen molar-refractivity contribution in [1.29, 1.82) is 5.41 Å². The second-order valence-corrected chi connectivity index (χ2v) is 7.96. The van der Waals surface area contributed by atoms with Crippen LogP contribution in [-0.4, -0.2) is 37.4 Å². The average molecular weight is 275 g/mol. The summed E-state index contributed by atoms with van der Waals surface area (Å²) in [6.07, 6.45) is 1.98. The lowest BCUT2D eigenvalue weighted by molar-refractivity contribution is 0.240. The molecular formula is C12H25N3O2S. The quantitative estimate of drug-likeness (QED) is 0.587. The third kappa shape index (κ3) is 3.68. The Hall–Kier alpha value is -0.620. The van der Waals surface area contributed by atoms with Gasteiger partial charge in [-0.2, -0.15) is 0 Å². The van der Waals surface area contributed by atoms with E-state index in [2.05, 4.69) is 0 Å². The van der Waals surface area contributed by atoms with E-state index >= 15 is 0 Å². The van der Waals surface area contributed by atoms with Gasteiger partial charge in [-0.1, -0.05) is 20.8 Å². The van der Waals surface area contributed by atoms with Crippen molar-refractivity contribution in [3.63, 3.8) is 0 Å². The molecule has 0 aliphatic carbocycles. The third-order valence-electron chi connectivity index (χ3n) is 3.82. The molecule has 0 aromatic carbocycles. The maximum atomic E-state index is 12.1. The molecule has 0 aromatic rings. The summed E-state index contributed by atoms with van der Waals surface area (Å²) >= 11 is 0. The van der Waals surface area contributed by atoms with Crippen LogP contribution in [0.25, 0.3) is 0 Å². The van der Waals surface area contributed by atoms with Crippen molar-refractivity contribution in [2.45, 2.75) is 40.0 Å². The van der Waals surface area contributed by atoms with E-state index in [1.165, 1.54) is 0 Å². The van der Waals surface area contributed by atoms with E-state index in [9.17, 15) is 8.42 Å². The van der Waals surface area contributed by atoms with Crippen LogP contribution in [0.5, 0.6) is 0 Å². The predicted molar refractivity (Wildman–Crippen MR) is 74.1 cm³/mol. The summed E-state index contributed by atoms with van der Waals surface area (Å²) in [5.41, 5.74) is 5.24. The first-order chi connectivity index (χ1) is 8.17. The first-order valence-corrected chi connectivity index (χ1v) is 8.10. The summed E-state index contributed by atoms with van der Waals surface area (Å²) in [6, 6.07) is 0. The molecule has 1 heterocycles. The molecule has 0 aromatic heterocycles. The molecular weight excluding hydrogens is 250 g/mol. The molecule has 1 aliphatic rings. The fourth-order valence-corrected chi connectivity index (χ4v) is 3.81. The van der Waals surface area contributed by atoms with Crippen LogP contribution in [0.15, 0.2) is 0 Å². The lowest BCUT2D eigenvalue weighted by atomic mass is 9.80. The minimum absolute atomic E-state index is 0.168. The van der Waals surface area contributed by atoms with Crippen molar-refractivity contribution in [3.8, 4) is 0 Å². The first-order valence-electron chi connectivity index (χ1n) is 6.50. The minimum atomic E-state index is -3.13. The first kappa shape index (κ1) is 15.4. The molecule has 0 atom stereocenters. The fourth-order valence-electron chi connectivity index (χ4n) is 2.04. The number of nitrogens with zero attached hydrogens (tertiary/aromatic N) is 1. The van der Waals surface area contributed by atoms with Crippen molar-refractivity contribution < 1.29 is 8.42 Å². The Balaban J connectivity index is 2.60. The molecule has 0 radical (unpaired) electrons. The van der Waals surface area contributed by atoms with Gasteiger partial charge < -0.3 is 5.73 Å². The van der Waals surface area contributed by atoms with Crippen molar-refractivity contribution in [1.82, 2.24) is 4.31 Å². The summed E-state index contributed by atoms with van der Waals surface area (Å²) in [5, 5.41) is 7.55. The van der Waals surface area contributed by atoms with Crippen molar-refractivity contribution in [2.75, 3.05) is 18.8 Å². The molecule has 0 spiro atoms. The summed E-state index contributed by atoms with van der Waals surface area (Å²) in [4.78, 5) is 0. The van der Waals surface area contributed by atoms with E-state index in [0.29, 0.717) is 38.3 Å². The van der Waals surface area contributed by atoms with E-state index in [0.717, 1.165) is 0 Å². The zero-order chi connectivity index (χ0) is 14.0. The lowest BCUT2D eigenvalue weighted by Crippen LogP contribution is -2.47. The number of hydrogen-bond acceptors (Lipinski definition) is 3. The molecule has 18 heavy (non-hydrogen) atoms. The second kappa shape index (κ2) is 5.57. The van der Waals surface area contributed by atoms with Crippen LogP contribution in [0.4, 0.5) is 0 Å². The van der Waals surface area contributed by atoms with Gasteiger partial charge in [0.25, 0.3) is 0 Å². The fraction of sp³-hybridized carbons (Fsp3) is 0.917. The van der Waals surface area contributed by atoms with Crippen LogP contribution in [0.3, 0.4) is 0 Å². The largest absolute Gasteiger partial charge is 0.387 e. The molecule has 1 fully saturated rings. The summed E-state index contributed by atoms with van der Waals surface area (Å²) < 4.78 is 25.8. The van der Waals surface area contributed by atoms with Gasteiger partial charge in [-0.3, -0.25) is 5.41 Å². The molecule has 3 N–H and O–H groups in total. The van der Waals surface area contributed by atoms with Gasteiger partial charge >= 0.3 is 0 Å². The van der Waals surface area contributed by atoms with E-state index in [4.69, 9.17) is 11.1 Å². The van der Waals surface area contributed by atoms with Crippen molar-refractivity contribution in [2.24, 2.45) is 17.1 Å². The molecule has 0 saturated carbocycles. The zero-order valence-corrected chi connectivity index (χ0v) is 12.4. The Bertz CT molecular complexity index is 396. The molecule has 0 bridgehead atoms. The van der Waals surface area contributed by atoms with Crippen LogP contribution in [-0.2, 0) is 10.0 Å². The summed E-state index contributed by atoms with van der Waals surface area (Å²) in [6.45, 7) is 6.96. The van der Waals surface area contributed by atoms with Gasteiger partial charge in [0.2, 0.25) is 10.0 Å². The highest BCUT2D eigenvalue weighted by atomic mass is 32.2. The molecule has 6 heteroatoms. The van der Waals surface area contributed by atoms with E-state index in [1.54, 1.807) is 4.31 Å². The maximum absolute atomic E-state index is 12.1. The number of nitrogens with two attached hydrogens (primary N) is 1. The van der Waals surface area contributed by atoms with Gasteiger partial charge in [0.1, 0.15) is 0 Å². The van der Waals surface area contributed by atoms with Crippen LogP contribution < -0.4 is 5.73 Å². The molecule has 5 nitrogen and oxygen atoms in total. The number of amidine groups is 1. The zero-order valence-electron chi connectivity index (χ0n) is 11.6. The number of rotatable bonds is 5. The minimum Gasteiger partial charge on any atom is -0.387 e. The standard InChI is InChI=1S/C12H25N3O2S/c1-10(2)4-9-18(16,17)15-7-5-12(3,6-8-15)11(13)14/h10H,4-9H2,1-3H3,(H3,13,14). The average Bonchev–Trinajstić information content (AvgIpc) is 2.27. The van der Waals surface area contributed by atoms with Crippen LogP contribution in [0, 0.1) is 16.7 Å². The Kier molecular flexibility index (Phi) is 4.78. The third-order valence-corrected chi connectivity index (χ3v) is 5.73. The van der Waals surface area contributed by atoms with Gasteiger partial charge in [0.05, 0.1) is 11.6 Å². The number of sulfonamides is 1. The monoisotopic (exact) mass is 275 g/mol. The molecule has 0 amide bonds. The highest BCUT2D eigenvalue weighted by Gasteiger charge is 2.36. The molecule has 0 unspecified atom stereocenters. The van der Waals surface area contributed by atoms with E-state index < -0.39 is 10.0 Å². The van der Waals surface area contributed by atoms with Crippen molar-refractivity contribution >= 4 is 15.9 Å². The van der Waals surface area contributed by atoms with Gasteiger partial charge in [-0.05, 0) is 25.2 Å². The Morgan fingerprint density at radius 1 is 1.39 bits per heavy atom. The Labute approximate surface area is 110 Å². The predicted octanol–water partition coefficient (Wildman–Crippen LogP) is 1.40. The molecule has 106 valence electrons. The number of piperidine rings is 1. The van der Waals surface area contributed by atoms with Gasteiger partial charge in [-0.25, -0.2) is 12.7 Å². The SMILES string of the molecule is CC(C)CCS(=O)(=O)N1CCC(C)(C(=N)N)CC1. The maximum Gasteiger partial charge on any atom is 0.214 e. The Morgan fingerprint density at radius 3 is 2.28 bits per heavy atom. The number of hydrogen-bond donors (Lipinski definition) is 2. The topological polar surface area (TPSA) is 87.2 Å². The summed E-state index contributed by atoms with van der Waals surface area (Å²) in [7, 11) is -3.13. The second-order valence-electron chi connectivity index (χ2n) is 5.87. The molecule has 1 saturated heterocycles. The van der Waals surface area contributed by atoms with Crippen LogP contribution in [0.2, 0.25) is 0 Å². The normalized spacial score (nSPS) is 21.1. The molecule has 1 rings (SSSR count). The van der Waals surface area contributed by atoms with Crippen molar-refractivity contribution in [3.05, 3.63) is 0 Å². The van der Waals surface area contributed by atoms with Gasteiger partial charge in [0.15, 0.2) is 0 Å². The highest BCUT2D eigenvalue weighted by molar-refractivity contribution is 7.89.